The highest BCUT2D eigenvalue weighted by atomic mass is 28.4. The maximum absolute atomic E-state index is 5.82. The molecule has 0 aromatic heterocycles. The van der Waals surface area contributed by atoms with Crippen LogP contribution in [0.1, 0.15) is 13.8 Å². The van der Waals surface area contributed by atoms with Gasteiger partial charge in [0.1, 0.15) is 0 Å². The van der Waals surface area contributed by atoms with Crippen molar-refractivity contribution in [3.63, 3.8) is 0 Å². The second-order valence-corrected chi connectivity index (χ2v) is 8.00. The molecule has 3 N–H and O–H groups in total. The molecule has 4 heteroatoms. The van der Waals surface area contributed by atoms with Crippen LogP contribution >= 0.6 is 0 Å². The first kappa shape index (κ1) is 12.1. The Morgan fingerprint density at radius 2 is 2.00 bits per heavy atom. The standard InChI is InChI=1S/C8H22N2OSi/c1-8(2)11-12(3,4)7-10-6-5-9/h8,10H,5-7,9H2,1-4H3. The van der Waals surface area contributed by atoms with E-state index in [2.05, 4.69) is 32.3 Å². The fourth-order valence-corrected chi connectivity index (χ4v) is 3.31. The zero-order chi connectivity index (χ0) is 9.61. The normalized spacial score (nSPS) is 12.5. The Labute approximate surface area is 76.8 Å². The quantitative estimate of drug-likeness (QED) is 0.479. The lowest BCUT2D eigenvalue weighted by molar-refractivity contribution is 0.230. The second-order valence-electron chi connectivity index (χ2n) is 3.89. The Hall–Kier alpha value is 0.0969. The minimum Gasteiger partial charge on any atom is -0.414 e. The van der Waals surface area contributed by atoms with Gasteiger partial charge in [0.15, 0.2) is 0 Å². The van der Waals surface area contributed by atoms with Gasteiger partial charge in [-0.1, -0.05) is 0 Å². The molecule has 0 fully saturated rings. The highest BCUT2D eigenvalue weighted by Crippen LogP contribution is 2.05. The van der Waals surface area contributed by atoms with E-state index in [0.29, 0.717) is 12.6 Å². The molecule has 0 aliphatic rings. The Morgan fingerprint density at radius 1 is 1.42 bits per heavy atom. The zero-order valence-corrected chi connectivity index (χ0v) is 9.68. The van der Waals surface area contributed by atoms with Crippen LogP contribution in [0, 0.1) is 0 Å². The van der Waals surface area contributed by atoms with E-state index in [1.165, 1.54) is 0 Å². The topological polar surface area (TPSA) is 47.3 Å². The molecule has 0 aromatic carbocycles. The molecule has 0 radical (unpaired) electrons. The van der Waals surface area contributed by atoms with Gasteiger partial charge >= 0.3 is 0 Å². The third-order valence-corrected chi connectivity index (χ3v) is 3.64. The molecule has 0 rings (SSSR count). The fourth-order valence-electron chi connectivity index (χ4n) is 1.17. The van der Waals surface area contributed by atoms with E-state index in [0.717, 1.165) is 12.7 Å². The van der Waals surface area contributed by atoms with Crippen molar-refractivity contribution in [2.24, 2.45) is 5.73 Å². The molecule has 0 aromatic rings. The van der Waals surface area contributed by atoms with Crippen molar-refractivity contribution in [3.05, 3.63) is 0 Å². The molecule has 3 nitrogen and oxygen atoms in total. The average molecular weight is 190 g/mol. The molecule has 12 heavy (non-hydrogen) atoms. The summed E-state index contributed by atoms with van der Waals surface area (Å²) in [6.07, 6.45) is 1.33. The minimum atomic E-state index is -1.47. The average Bonchev–Trinajstić information content (AvgIpc) is 1.84. The number of hydrogen-bond acceptors (Lipinski definition) is 3. The number of nitrogens with two attached hydrogens (primary N) is 1. The predicted octanol–water partition coefficient (Wildman–Crippen LogP) is 0.704. The predicted molar refractivity (Wildman–Crippen MR) is 55.6 cm³/mol. The Kier molecular flexibility index (Phi) is 5.74. The lowest BCUT2D eigenvalue weighted by Gasteiger charge is -2.25. The lowest BCUT2D eigenvalue weighted by Crippen LogP contribution is -2.45. The van der Waals surface area contributed by atoms with Gasteiger partial charge in [-0.3, -0.25) is 0 Å². The van der Waals surface area contributed by atoms with Gasteiger partial charge in [-0.25, -0.2) is 0 Å². The summed E-state index contributed by atoms with van der Waals surface area (Å²) in [5.41, 5.74) is 5.37. The maximum Gasteiger partial charge on any atom is 0.200 e. The van der Waals surface area contributed by atoms with Crippen molar-refractivity contribution in [1.82, 2.24) is 5.32 Å². The molecular formula is C8H22N2OSi. The molecule has 0 amide bonds. The van der Waals surface area contributed by atoms with Crippen LogP contribution in [0.15, 0.2) is 0 Å². The van der Waals surface area contributed by atoms with Crippen LogP contribution in [-0.2, 0) is 4.43 Å². The monoisotopic (exact) mass is 190 g/mol. The highest BCUT2D eigenvalue weighted by molar-refractivity contribution is 6.71. The second kappa shape index (κ2) is 5.69. The molecule has 0 saturated heterocycles. The van der Waals surface area contributed by atoms with Crippen LogP contribution < -0.4 is 11.1 Å². The smallest absolute Gasteiger partial charge is 0.200 e. The summed E-state index contributed by atoms with van der Waals surface area (Å²) in [5.74, 6) is 0. The van der Waals surface area contributed by atoms with Gasteiger partial charge in [-0.05, 0) is 26.9 Å². The van der Waals surface area contributed by atoms with Gasteiger partial charge in [0, 0.05) is 25.4 Å². The van der Waals surface area contributed by atoms with Gasteiger partial charge in [0.25, 0.3) is 0 Å². The highest BCUT2D eigenvalue weighted by Gasteiger charge is 2.22. The van der Waals surface area contributed by atoms with Crippen LogP contribution in [0.5, 0.6) is 0 Å². The van der Waals surface area contributed by atoms with Crippen molar-refractivity contribution < 1.29 is 4.43 Å². The summed E-state index contributed by atoms with van der Waals surface area (Å²) in [4.78, 5) is 0. The third-order valence-electron chi connectivity index (χ3n) is 1.43. The van der Waals surface area contributed by atoms with Crippen molar-refractivity contribution >= 4 is 8.32 Å². The first-order chi connectivity index (χ1) is 5.48. The zero-order valence-electron chi connectivity index (χ0n) is 8.68. The summed E-state index contributed by atoms with van der Waals surface area (Å²) in [5, 5.41) is 3.29. The van der Waals surface area contributed by atoms with E-state index in [1.54, 1.807) is 0 Å². The summed E-state index contributed by atoms with van der Waals surface area (Å²) in [7, 11) is -1.47. The molecule has 0 aliphatic carbocycles. The van der Waals surface area contributed by atoms with Crippen molar-refractivity contribution in [3.8, 4) is 0 Å². The Morgan fingerprint density at radius 3 is 2.42 bits per heavy atom. The van der Waals surface area contributed by atoms with Crippen LogP contribution in [-0.4, -0.2) is 33.7 Å². The van der Waals surface area contributed by atoms with E-state index >= 15 is 0 Å². The number of hydrogen-bond donors (Lipinski definition) is 2. The Balaban J connectivity index is 3.56. The van der Waals surface area contributed by atoms with Crippen LogP contribution in [0.25, 0.3) is 0 Å². The molecule has 0 heterocycles. The summed E-state index contributed by atoms with van der Waals surface area (Å²) in [6.45, 7) is 10.2. The van der Waals surface area contributed by atoms with Gasteiger partial charge in [-0.15, -0.1) is 0 Å². The number of nitrogens with one attached hydrogen (secondary N) is 1. The SMILES string of the molecule is CC(C)O[Si](C)(C)CNCCN. The largest absolute Gasteiger partial charge is 0.414 e. The minimum absolute atomic E-state index is 0.339. The molecule has 0 unspecified atom stereocenters. The van der Waals surface area contributed by atoms with Crippen LogP contribution in [0.2, 0.25) is 13.1 Å². The maximum atomic E-state index is 5.82. The van der Waals surface area contributed by atoms with E-state index in [9.17, 15) is 0 Å². The fraction of sp³-hybridized carbons (Fsp3) is 1.00. The molecule has 74 valence electrons. The Bertz CT molecular complexity index is 118. The lowest BCUT2D eigenvalue weighted by atomic mass is 10.5. The molecular weight excluding hydrogens is 168 g/mol. The summed E-state index contributed by atoms with van der Waals surface area (Å²) < 4.78 is 5.82. The first-order valence-electron chi connectivity index (χ1n) is 4.56. The number of rotatable bonds is 6. The van der Waals surface area contributed by atoms with E-state index in [1.807, 2.05) is 0 Å². The summed E-state index contributed by atoms with van der Waals surface area (Å²) >= 11 is 0. The molecule has 0 saturated carbocycles. The van der Waals surface area contributed by atoms with E-state index in [4.69, 9.17) is 10.2 Å². The molecule has 0 atom stereocenters. The molecule has 0 bridgehead atoms. The molecule has 0 spiro atoms. The molecule has 0 aliphatic heterocycles. The van der Waals surface area contributed by atoms with Gasteiger partial charge < -0.3 is 15.5 Å². The van der Waals surface area contributed by atoms with Crippen LogP contribution in [0.4, 0.5) is 0 Å². The van der Waals surface area contributed by atoms with Crippen molar-refractivity contribution in [2.75, 3.05) is 19.3 Å². The van der Waals surface area contributed by atoms with Gasteiger partial charge in [-0.2, -0.15) is 0 Å². The summed E-state index contributed by atoms with van der Waals surface area (Å²) in [6, 6.07) is 0. The van der Waals surface area contributed by atoms with Crippen molar-refractivity contribution in [1.29, 1.82) is 0 Å². The van der Waals surface area contributed by atoms with E-state index in [-0.39, 0.29) is 0 Å². The van der Waals surface area contributed by atoms with Crippen LogP contribution in [0.3, 0.4) is 0 Å². The first-order valence-corrected chi connectivity index (χ1v) is 7.68. The van der Waals surface area contributed by atoms with Gasteiger partial charge in [0.05, 0.1) is 0 Å². The third kappa shape index (κ3) is 6.79. The van der Waals surface area contributed by atoms with Gasteiger partial charge in [0.2, 0.25) is 8.32 Å². The van der Waals surface area contributed by atoms with E-state index < -0.39 is 8.32 Å². The van der Waals surface area contributed by atoms with Crippen molar-refractivity contribution in [2.45, 2.75) is 33.0 Å².